The lowest BCUT2D eigenvalue weighted by Gasteiger charge is -2.23. The molecule has 0 radical (unpaired) electrons. The monoisotopic (exact) mass is 413 g/mol. The number of hydrogen-bond donors (Lipinski definition) is 0. The molecule has 2 amide bonds. The smallest absolute Gasteiger partial charge is 0.355 e. The van der Waals surface area contributed by atoms with Crippen molar-refractivity contribution < 1.29 is 23.9 Å². The molecular formula is C20H16ClN3O5. The minimum atomic E-state index is -1.09. The van der Waals surface area contributed by atoms with Crippen molar-refractivity contribution in [3.8, 4) is 5.75 Å². The van der Waals surface area contributed by atoms with Crippen LogP contribution < -0.4 is 14.6 Å². The van der Waals surface area contributed by atoms with Crippen molar-refractivity contribution in [2.75, 3.05) is 24.1 Å². The number of benzene rings is 2. The Hall–Kier alpha value is -3.39. The fourth-order valence-corrected chi connectivity index (χ4v) is 3.68. The first-order valence-corrected chi connectivity index (χ1v) is 9.08. The van der Waals surface area contributed by atoms with E-state index in [0.29, 0.717) is 22.1 Å². The lowest BCUT2D eigenvalue weighted by atomic mass is 9.97. The number of hydrogen-bond acceptors (Lipinski definition) is 7. The number of methoxy groups -OCH3 is 2. The van der Waals surface area contributed by atoms with Gasteiger partial charge in [-0.15, -0.1) is 0 Å². The van der Waals surface area contributed by atoms with E-state index >= 15 is 0 Å². The average Bonchev–Trinajstić information content (AvgIpc) is 3.25. The van der Waals surface area contributed by atoms with Crippen molar-refractivity contribution in [1.29, 1.82) is 0 Å². The molecule has 29 heavy (non-hydrogen) atoms. The zero-order chi connectivity index (χ0) is 20.7. The summed E-state index contributed by atoms with van der Waals surface area (Å²) in [6.07, 6.45) is 0. The maximum Gasteiger partial charge on any atom is 0.355 e. The number of amides is 2. The van der Waals surface area contributed by atoms with Gasteiger partial charge in [0.2, 0.25) is 5.91 Å². The van der Waals surface area contributed by atoms with E-state index in [1.165, 1.54) is 19.2 Å². The van der Waals surface area contributed by atoms with Crippen molar-refractivity contribution in [1.82, 2.24) is 0 Å². The number of imide groups is 1. The molecular weight excluding hydrogens is 398 g/mol. The van der Waals surface area contributed by atoms with Crippen LogP contribution in [0.2, 0.25) is 5.02 Å². The predicted molar refractivity (Wildman–Crippen MR) is 106 cm³/mol. The van der Waals surface area contributed by atoms with Crippen LogP contribution in [0.1, 0.15) is 0 Å². The van der Waals surface area contributed by atoms with Crippen LogP contribution in [0.25, 0.3) is 0 Å². The molecule has 0 unspecified atom stereocenters. The van der Waals surface area contributed by atoms with Gasteiger partial charge in [-0.3, -0.25) is 9.59 Å². The van der Waals surface area contributed by atoms with E-state index in [0.717, 1.165) is 4.90 Å². The molecule has 4 rings (SSSR count). The summed E-state index contributed by atoms with van der Waals surface area (Å²) in [7, 11) is 2.68. The fraction of sp³-hybridized carbons (Fsp3) is 0.200. The third-order valence-corrected chi connectivity index (χ3v) is 5.11. The van der Waals surface area contributed by atoms with Gasteiger partial charge in [0.1, 0.15) is 23.4 Å². The van der Waals surface area contributed by atoms with Gasteiger partial charge in [0.15, 0.2) is 5.71 Å². The minimum Gasteiger partial charge on any atom is -0.495 e. The molecule has 2 aromatic rings. The second-order valence-electron chi connectivity index (χ2n) is 6.40. The number of halogens is 1. The van der Waals surface area contributed by atoms with Crippen molar-refractivity contribution in [3.05, 3.63) is 53.6 Å². The van der Waals surface area contributed by atoms with Crippen molar-refractivity contribution in [2.45, 2.75) is 6.04 Å². The van der Waals surface area contributed by atoms with Gasteiger partial charge < -0.3 is 9.47 Å². The fourth-order valence-electron chi connectivity index (χ4n) is 3.55. The van der Waals surface area contributed by atoms with E-state index in [2.05, 4.69) is 5.10 Å². The Morgan fingerprint density at radius 2 is 1.72 bits per heavy atom. The summed E-state index contributed by atoms with van der Waals surface area (Å²) in [5.74, 6) is -2.46. The van der Waals surface area contributed by atoms with Crippen molar-refractivity contribution in [3.63, 3.8) is 0 Å². The lowest BCUT2D eigenvalue weighted by molar-refractivity contribution is -0.133. The molecule has 0 bridgehead atoms. The molecule has 0 aromatic heterocycles. The molecule has 0 N–H and O–H groups in total. The van der Waals surface area contributed by atoms with Crippen LogP contribution >= 0.6 is 11.6 Å². The molecule has 0 spiro atoms. The third kappa shape index (κ3) is 2.92. The average molecular weight is 414 g/mol. The van der Waals surface area contributed by atoms with E-state index in [4.69, 9.17) is 21.1 Å². The number of ether oxygens (including phenoxy) is 2. The highest BCUT2D eigenvalue weighted by Crippen LogP contribution is 2.41. The van der Waals surface area contributed by atoms with Gasteiger partial charge in [-0.05, 0) is 36.4 Å². The molecule has 0 aliphatic carbocycles. The number of esters is 1. The highest BCUT2D eigenvalue weighted by atomic mass is 35.5. The highest BCUT2D eigenvalue weighted by Gasteiger charge is 2.59. The highest BCUT2D eigenvalue weighted by molar-refractivity contribution is 6.47. The molecule has 8 nitrogen and oxygen atoms in total. The summed E-state index contributed by atoms with van der Waals surface area (Å²) < 4.78 is 10.2. The Bertz CT molecular complexity index is 1040. The molecule has 1 saturated heterocycles. The molecule has 1 fully saturated rings. The standard InChI is InChI=1S/C20H16ClN3O5/c1-28-14-6-4-3-5-13(14)24-17-15(16(22-24)20(27)29-2)18(25)23(19(17)26)12-9-7-11(21)8-10-12/h3-10,15,17H,1-2H3/t15-,17-/m1/s1. The topological polar surface area (TPSA) is 88.5 Å². The van der Waals surface area contributed by atoms with Gasteiger partial charge in [-0.1, -0.05) is 23.7 Å². The number of rotatable bonds is 4. The van der Waals surface area contributed by atoms with E-state index in [1.54, 1.807) is 48.5 Å². The van der Waals surface area contributed by atoms with E-state index in [1.807, 2.05) is 0 Å². The maximum atomic E-state index is 13.3. The normalized spacial score (nSPS) is 20.6. The molecule has 9 heteroatoms. The number of hydrazone groups is 1. The number of fused-ring (bicyclic) bond motifs is 1. The molecule has 2 aliphatic rings. The van der Waals surface area contributed by atoms with Crippen LogP contribution in [0.15, 0.2) is 53.6 Å². The summed E-state index contributed by atoms with van der Waals surface area (Å²) in [4.78, 5) is 39.8. The quantitative estimate of drug-likeness (QED) is 0.564. The molecule has 2 aliphatic heterocycles. The molecule has 2 atom stereocenters. The van der Waals surface area contributed by atoms with Gasteiger partial charge in [0.05, 0.1) is 19.9 Å². The van der Waals surface area contributed by atoms with Crippen LogP contribution in [0, 0.1) is 5.92 Å². The van der Waals surface area contributed by atoms with Crippen LogP contribution in [0.5, 0.6) is 5.75 Å². The van der Waals surface area contributed by atoms with E-state index in [9.17, 15) is 14.4 Å². The van der Waals surface area contributed by atoms with Gasteiger partial charge in [0.25, 0.3) is 5.91 Å². The van der Waals surface area contributed by atoms with E-state index < -0.39 is 29.7 Å². The summed E-state index contributed by atoms with van der Waals surface area (Å²) >= 11 is 5.92. The second kappa shape index (κ2) is 7.21. The first kappa shape index (κ1) is 18.9. The number of carbonyl (C=O) groups is 3. The van der Waals surface area contributed by atoms with Gasteiger partial charge in [0, 0.05) is 5.02 Å². The molecule has 148 valence electrons. The zero-order valence-electron chi connectivity index (χ0n) is 15.5. The van der Waals surface area contributed by atoms with Crippen LogP contribution in [-0.2, 0) is 19.1 Å². The van der Waals surface area contributed by atoms with Crippen molar-refractivity contribution in [2.24, 2.45) is 11.0 Å². The Labute approximate surface area is 171 Å². The number of anilines is 2. The van der Waals surface area contributed by atoms with E-state index in [-0.39, 0.29) is 5.71 Å². The molecule has 2 heterocycles. The first-order chi connectivity index (χ1) is 14.0. The summed E-state index contributed by atoms with van der Waals surface area (Å²) in [6.45, 7) is 0. The number of para-hydroxylation sites is 2. The number of nitrogens with zero attached hydrogens (tertiary/aromatic N) is 3. The molecule has 2 aromatic carbocycles. The third-order valence-electron chi connectivity index (χ3n) is 4.86. The van der Waals surface area contributed by atoms with Gasteiger partial charge >= 0.3 is 5.97 Å². The Morgan fingerprint density at radius 1 is 1.03 bits per heavy atom. The zero-order valence-corrected chi connectivity index (χ0v) is 16.3. The predicted octanol–water partition coefficient (Wildman–Crippen LogP) is 2.26. The number of carbonyl (C=O) groups excluding carboxylic acids is 3. The lowest BCUT2D eigenvalue weighted by Crippen LogP contribution is -2.39. The Kier molecular flexibility index (Phi) is 4.71. The van der Waals surface area contributed by atoms with Gasteiger partial charge in [-0.2, -0.15) is 5.10 Å². The largest absolute Gasteiger partial charge is 0.495 e. The molecule has 0 saturated carbocycles. The summed E-state index contributed by atoms with van der Waals surface area (Å²) in [6, 6.07) is 12.2. The first-order valence-electron chi connectivity index (χ1n) is 8.70. The maximum absolute atomic E-state index is 13.3. The van der Waals surface area contributed by atoms with Crippen LogP contribution in [-0.4, -0.2) is 43.8 Å². The minimum absolute atomic E-state index is 0.127. The van der Waals surface area contributed by atoms with Crippen molar-refractivity contribution >= 4 is 46.5 Å². The Morgan fingerprint density at radius 3 is 2.38 bits per heavy atom. The summed E-state index contributed by atoms with van der Waals surface area (Å²) in [5.41, 5.74) is 0.698. The summed E-state index contributed by atoms with van der Waals surface area (Å²) in [5, 5.41) is 6.10. The second-order valence-corrected chi connectivity index (χ2v) is 6.84. The van der Waals surface area contributed by atoms with Crippen LogP contribution in [0.4, 0.5) is 11.4 Å². The SMILES string of the molecule is COC(=O)C1=NN(c2ccccc2OC)[C@H]2C(=O)N(c3ccc(Cl)cc3)C(=O)[C@H]12. The van der Waals surface area contributed by atoms with Crippen LogP contribution in [0.3, 0.4) is 0 Å². The Balaban J connectivity index is 1.83. The van der Waals surface area contributed by atoms with Gasteiger partial charge in [-0.25, -0.2) is 14.7 Å².